The molecule has 0 aliphatic carbocycles. The molecule has 2 aliphatic rings. The molecule has 98 valence electrons. The number of nitrogens with zero attached hydrogens (tertiary/aromatic N) is 1. The normalized spacial score (nSPS) is 27.8. The van der Waals surface area contributed by atoms with Crippen molar-refractivity contribution in [3.8, 4) is 0 Å². The van der Waals surface area contributed by atoms with Crippen molar-refractivity contribution in [2.45, 2.75) is 50.9 Å². The summed E-state index contributed by atoms with van der Waals surface area (Å²) in [5.41, 5.74) is -0.681. The molecule has 17 heavy (non-hydrogen) atoms. The number of hydrogen-bond acceptors (Lipinski definition) is 4. The van der Waals surface area contributed by atoms with Crippen LogP contribution >= 0.6 is 0 Å². The number of likely N-dealkylation sites (tertiary alicyclic amines) is 1. The monoisotopic (exact) mass is 243 g/mol. The van der Waals surface area contributed by atoms with E-state index in [2.05, 4.69) is 0 Å². The van der Waals surface area contributed by atoms with Gasteiger partial charge in [0, 0.05) is 0 Å². The molecule has 1 atom stereocenters. The zero-order valence-electron chi connectivity index (χ0n) is 10.7. The average molecular weight is 243 g/mol. The summed E-state index contributed by atoms with van der Waals surface area (Å²) in [6.45, 7) is 7.10. The van der Waals surface area contributed by atoms with E-state index in [9.17, 15) is 9.90 Å². The minimum Gasteiger partial charge on any atom is -0.444 e. The second-order valence-electron chi connectivity index (χ2n) is 6.02. The molecule has 2 saturated heterocycles. The van der Waals surface area contributed by atoms with Gasteiger partial charge in [-0.05, 0) is 33.6 Å². The smallest absolute Gasteiger partial charge is 0.410 e. The summed E-state index contributed by atoms with van der Waals surface area (Å²) in [4.78, 5) is 13.4. The van der Waals surface area contributed by atoms with Crippen molar-refractivity contribution in [2.75, 3.05) is 19.7 Å². The Balaban J connectivity index is 1.80. The van der Waals surface area contributed by atoms with Crippen LogP contribution in [0.25, 0.3) is 0 Å². The number of amides is 1. The van der Waals surface area contributed by atoms with Crippen LogP contribution in [0.4, 0.5) is 4.79 Å². The van der Waals surface area contributed by atoms with Gasteiger partial charge in [-0.3, -0.25) is 0 Å². The number of carbonyl (C=O) groups is 1. The van der Waals surface area contributed by atoms with Gasteiger partial charge < -0.3 is 19.5 Å². The lowest BCUT2D eigenvalue weighted by molar-refractivity contribution is -0.185. The lowest BCUT2D eigenvalue weighted by Gasteiger charge is -2.51. The van der Waals surface area contributed by atoms with E-state index in [1.165, 1.54) is 0 Å². The van der Waals surface area contributed by atoms with E-state index in [4.69, 9.17) is 9.47 Å². The fourth-order valence-corrected chi connectivity index (χ4v) is 2.21. The molecule has 2 rings (SSSR count). The Morgan fingerprint density at radius 1 is 1.47 bits per heavy atom. The Morgan fingerprint density at radius 2 is 2.12 bits per heavy atom. The van der Waals surface area contributed by atoms with Crippen LogP contribution in [0.15, 0.2) is 0 Å². The summed E-state index contributed by atoms with van der Waals surface area (Å²) < 4.78 is 10.9. The zero-order chi connectivity index (χ0) is 12.7. The van der Waals surface area contributed by atoms with Gasteiger partial charge in [-0.2, -0.15) is 0 Å². The molecule has 0 aromatic carbocycles. The third kappa shape index (κ3) is 2.90. The second kappa shape index (κ2) is 4.14. The Kier molecular flexibility index (Phi) is 3.08. The number of rotatable bonds is 0. The molecule has 0 bridgehead atoms. The number of hydrogen-bond donors (Lipinski definition) is 1. The first-order valence-electron chi connectivity index (χ1n) is 6.10. The van der Waals surface area contributed by atoms with Crippen LogP contribution < -0.4 is 0 Å². The van der Waals surface area contributed by atoms with Gasteiger partial charge in [0.15, 0.2) is 0 Å². The number of carbonyl (C=O) groups excluding carboxylic acids is 1. The largest absolute Gasteiger partial charge is 0.444 e. The average Bonchev–Trinajstić information content (AvgIpc) is 2.13. The highest BCUT2D eigenvalue weighted by molar-refractivity contribution is 5.69. The molecule has 0 radical (unpaired) electrons. The molecule has 5 heteroatoms. The number of ether oxygens (including phenoxy) is 2. The molecule has 5 nitrogen and oxygen atoms in total. The quantitative estimate of drug-likeness (QED) is 0.693. The van der Waals surface area contributed by atoms with Gasteiger partial charge in [0.25, 0.3) is 0 Å². The van der Waals surface area contributed by atoms with E-state index >= 15 is 0 Å². The van der Waals surface area contributed by atoms with Crippen LogP contribution in [-0.2, 0) is 9.47 Å². The lowest BCUT2D eigenvalue weighted by Crippen LogP contribution is -2.67. The van der Waals surface area contributed by atoms with E-state index in [-0.39, 0.29) is 17.8 Å². The van der Waals surface area contributed by atoms with E-state index in [1.54, 1.807) is 4.90 Å². The van der Waals surface area contributed by atoms with Crippen molar-refractivity contribution in [3.63, 3.8) is 0 Å². The first kappa shape index (κ1) is 12.6. The van der Waals surface area contributed by atoms with E-state index in [0.29, 0.717) is 19.7 Å². The molecule has 2 fully saturated rings. The molecular formula is C12H21NO4. The lowest BCUT2D eigenvalue weighted by atomic mass is 9.86. The fourth-order valence-electron chi connectivity index (χ4n) is 2.21. The highest BCUT2D eigenvalue weighted by Gasteiger charge is 2.49. The van der Waals surface area contributed by atoms with Crippen molar-refractivity contribution >= 4 is 6.09 Å². The summed E-state index contributed by atoms with van der Waals surface area (Å²) in [5.74, 6) is 0. The third-order valence-electron chi connectivity index (χ3n) is 3.12. The fraction of sp³-hybridized carbons (Fsp3) is 0.917. The summed E-state index contributed by atoms with van der Waals surface area (Å²) >= 11 is 0. The van der Waals surface area contributed by atoms with E-state index in [0.717, 1.165) is 12.8 Å². The minimum absolute atomic E-state index is 0.226. The van der Waals surface area contributed by atoms with Gasteiger partial charge in [-0.1, -0.05) is 0 Å². The highest BCUT2D eigenvalue weighted by Crippen LogP contribution is 2.34. The predicted octanol–water partition coefficient (Wildman–Crippen LogP) is 1.15. The third-order valence-corrected chi connectivity index (χ3v) is 3.12. The van der Waals surface area contributed by atoms with Crippen molar-refractivity contribution in [2.24, 2.45) is 0 Å². The van der Waals surface area contributed by atoms with Crippen LogP contribution in [0.2, 0.25) is 0 Å². The van der Waals surface area contributed by atoms with Crippen molar-refractivity contribution in [1.82, 2.24) is 4.90 Å². The minimum atomic E-state index is -0.455. The number of aliphatic hydroxyl groups is 1. The molecule has 0 saturated carbocycles. The van der Waals surface area contributed by atoms with Gasteiger partial charge in [0.1, 0.15) is 11.2 Å². The Hall–Kier alpha value is -0.810. The number of aliphatic hydroxyl groups excluding tert-OH is 1. The van der Waals surface area contributed by atoms with Crippen molar-refractivity contribution in [3.05, 3.63) is 0 Å². The summed E-state index contributed by atoms with van der Waals surface area (Å²) in [7, 11) is 0. The van der Waals surface area contributed by atoms with Gasteiger partial charge in [0.05, 0.1) is 25.8 Å². The van der Waals surface area contributed by atoms with Gasteiger partial charge in [0.2, 0.25) is 0 Å². The first-order chi connectivity index (χ1) is 7.80. The van der Waals surface area contributed by atoms with Crippen LogP contribution in [0, 0.1) is 0 Å². The molecule has 1 N–H and O–H groups in total. The molecule has 2 heterocycles. The van der Waals surface area contributed by atoms with Gasteiger partial charge >= 0.3 is 6.09 Å². The molecule has 2 aliphatic heterocycles. The Bertz CT molecular complexity index is 294. The molecule has 0 aromatic rings. The molecule has 1 amide bonds. The summed E-state index contributed by atoms with van der Waals surface area (Å²) in [6.07, 6.45) is 0.935. The molecular weight excluding hydrogens is 222 g/mol. The second-order valence-corrected chi connectivity index (χ2v) is 6.02. The maximum absolute atomic E-state index is 11.7. The molecule has 1 spiro atoms. The van der Waals surface area contributed by atoms with Gasteiger partial charge in [-0.25, -0.2) is 4.79 Å². The Morgan fingerprint density at radius 3 is 2.59 bits per heavy atom. The highest BCUT2D eigenvalue weighted by atomic mass is 16.6. The van der Waals surface area contributed by atoms with Crippen LogP contribution in [0.3, 0.4) is 0 Å². The van der Waals surface area contributed by atoms with Gasteiger partial charge in [-0.15, -0.1) is 0 Å². The van der Waals surface area contributed by atoms with Crippen molar-refractivity contribution < 1.29 is 19.4 Å². The van der Waals surface area contributed by atoms with E-state index in [1.807, 2.05) is 20.8 Å². The van der Waals surface area contributed by atoms with Crippen LogP contribution in [0.1, 0.15) is 33.6 Å². The van der Waals surface area contributed by atoms with Crippen LogP contribution in [0.5, 0.6) is 0 Å². The SMILES string of the molecule is CC(C)(C)OC(=O)N1CC2(CC[C@H](O)CO2)C1. The topological polar surface area (TPSA) is 59.0 Å². The van der Waals surface area contributed by atoms with E-state index < -0.39 is 5.60 Å². The zero-order valence-corrected chi connectivity index (χ0v) is 10.7. The maximum Gasteiger partial charge on any atom is 0.410 e. The summed E-state index contributed by atoms with van der Waals surface area (Å²) in [6, 6.07) is 0. The maximum atomic E-state index is 11.7. The molecule has 0 aromatic heterocycles. The molecule has 0 unspecified atom stereocenters. The van der Waals surface area contributed by atoms with Crippen molar-refractivity contribution in [1.29, 1.82) is 0 Å². The standard InChI is InChI=1S/C12H21NO4/c1-11(2,3)17-10(15)13-7-12(8-13)5-4-9(14)6-16-12/h9,14H,4-8H2,1-3H3/t9-/m0/s1. The first-order valence-corrected chi connectivity index (χ1v) is 6.10. The summed E-state index contributed by atoms with van der Waals surface area (Å²) in [5, 5.41) is 9.36. The predicted molar refractivity (Wildman–Crippen MR) is 61.7 cm³/mol. The van der Waals surface area contributed by atoms with Crippen LogP contribution in [-0.4, -0.2) is 53.1 Å². The Labute approximate surface area is 102 Å².